The maximum Gasteiger partial charge on any atom is 0.266 e. The normalized spacial score (nSPS) is 16.3. The number of hydrogen-bond acceptors (Lipinski definition) is 4. The molecule has 0 fully saturated rings. The molecule has 5 nitrogen and oxygen atoms in total. The van der Waals surface area contributed by atoms with Crippen molar-refractivity contribution in [2.45, 2.75) is 26.0 Å². The number of carbonyl (C=O) groups excluding carboxylic acids is 2. The van der Waals surface area contributed by atoms with Gasteiger partial charge in [0.15, 0.2) is 6.10 Å². The lowest BCUT2D eigenvalue weighted by molar-refractivity contribution is -0.136. The van der Waals surface area contributed by atoms with E-state index in [-0.39, 0.29) is 18.2 Å². The Hall–Kier alpha value is -2.34. The van der Waals surface area contributed by atoms with Gasteiger partial charge in [-0.1, -0.05) is 12.1 Å². The molecule has 6 heteroatoms. The van der Waals surface area contributed by atoms with Gasteiger partial charge in [0, 0.05) is 11.9 Å². The Kier molecular flexibility index (Phi) is 4.34. The second-order valence-electron chi connectivity index (χ2n) is 5.57. The van der Waals surface area contributed by atoms with Crippen molar-refractivity contribution in [1.29, 1.82) is 0 Å². The molecule has 1 aromatic carbocycles. The van der Waals surface area contributed by atoms with Gasteiger partial charge in [0.2, 0.25) is 5.91 Å². The monoisotopic (exact) mass is 330 g/mol. The van der Waals surface area contributed by atoms with Gasteiger partial charge in [-0.3, -0.25) is 9.59 Å². The molecule has 23 heavy (non-hydrogen) atoms. The van der Waals surface area contributed by atoms with Gasteiger partial charge in [-0.25, -0.2) is 0 Å². The van der Waals surface area contributed by atoms with Gasteiger partial charge >= 0.3 is 0 Å². The summed E-state index contributed by atoms with van der Waals surface area (Å²) in [7, 11) is 1.75. The quantitative estimate of drug-likeness (QED) is 0.938. The van der Waals surface area contributed by atoms with Gasteiger partial charge in [0.1, 0.15) is 5.75 Å². The molecule has 0 saturated heterocycles. The third kappa shape index (κ3) is 3.37. The summed E-state index contributed by atoms with van der Waals surface area (Å²) in [6, 6.07) is 9.25. The SMILES string of the molecule is Cc1ccsc1CN(C)C(=O)C[C@H]1Oc2ccccc2NC1=O. The first-order valence-corrected chi connectivity index (χ1v) is 8.26. The van der Waals surface area contributed by atoms with Gasteiger partial charge in [0.25, 0.3) is 5.91 Å². The van der Waals surface area contributed by atoms with Crippen LogP contribution in [0.15, 0.2) is 35.7 Å². The largest absolute Gasteiger partial charge is 0.478 e. The number of amides is 2. The number of nitrogens with one attached hydrogen (secondary N) is 1. The van der Waals surface area contributed by atoms with E-state index < -0.39 is 6.10 Å². The van der Waals surface area contributed by atoms with Crippen molar-refractivity contribution < 1.29 is 14.3 Å². The summed E-state index contributed by atoms with van der Waals surface area (Å²) in [5.74, 6) is 0.205. The van der Waals surface area contributed by atoms with Crippen molar-refractivity contribution in [2.75, 3.05) is 12.4 Å². The summed E-state index contributed by atoms with van der Waals surface area (Å²) in [6.07, 6.45) is -0.759. The summed E-state index contributed by atoms with van der Waals surface area (Å²) in [4.78, 5) is 27.2. The molecule has 0 unspecified atom stereocenters. The Balaban J connectivity index is 1.64. The number of anilines is 1. The molecule has 1 N–H and O–H groups in total. The molecule has 3 rings (SSSR count). The summed E-state index contributed by atoms with van der Waals surface area (Å²) >= 11 is 1.63. The minimum absolute atomic E-state index is 0.0289. The molecule has 0 bridgehead atoms. The van der Waals surface area contributed by atoms with Crippen LogP contribution in [0.4, 0.5) is 5.69 Å². The number of aryl methyl sites for hydroxylation is 1. The highest BCUT2D eigenvalue weighted by Gasteiger charge is 2.30. The van der Waals surface area contributed by atoms with Crippen molar-refractivity contribution >= 4 is 28.8 Å². The Labute approximate surface area is 138 Å². The first-order chi connectivity index (χ1) is 11.0. The summed E-state index contributed by atoms with van der Waals surface area (Å²) < 4.78 is 5.67. The number of thiophene rings is 1. The van der Waals surface area contributed by atoms with E-state index in [1.807, 2.05) is 30.5 Å². The Morgan fingerprint density at radius 3 is 2.87 bits per heavy atom. The van der Waals surface area contributed by atoms with Gasteiger partial charge in [-0.15, -0.1) is 11.3 Å². The van der Waals surface area contributed by atoms with Crippen molar-refractivity contribution in [2.24, 2.45) is 0 Å². The lowest BCUT2D eigenvalue weighted by Gasteiger charge is -2.27. The molecular weight excluding hydrogens is 312 g/mol. The number of hydrogen-bond donors (Lipinski definition) is 1. The van der Waals surface area contributed by atoms with Crippen molar-refractivity contribution in [3.63, 3.8) is 0 Å². The minimum Gasteiger partial charge on any atom is -0.478 e. The van der Waals surface area contributed by atoms with E-state index >= 15 is 0 Å². The number of rotatable bonds is 4. The van der Waals surface area contributed by atoms with Crippen molar-refractivity contribution in [3.05, 3.63) is 46.2 Å². The maximum atomic E-state index is 12.4. The van der Waals surface area contributed by atoms with Crippen LogP contribution in [0, 0.1) is 6.92 Å². The second kappa shape index (κ2) is 6.42. The fraction of sp³-hybridized carbons (Fsp3) is 0.294. The van der Waals surface area contributed by atoms with E-state index in [9.17, 15) is 9.59 Å². The zero-order chi connectivity index (χ0) is 16.4. The molecular formula is C17H18N2O3S. The first-order valence-electron chi connectivity index (χ1n) is 7.38. The van der Waals surface area contributed by atoms with Crippen LogP contribution in [0.1, 0.15) is 16.9 Å². The smallest absolute Gasteiger partial charge is 0.266 e. The average Bonchev–Trinajstić information content (AvgIpc) is 2.93. The van der Waals surface area contributed by atoms with Gasteiger partial charge in [-0.05, 0) is 36.1 Å². The average molecular weight is 330 g/mol. The van der Waals surface area contributed by atoms with Crippen LogP contribution in [-0.2, 0) is 16.1 Å². The number of fused-ring (bicyclic) bond motifs is 1. The standard InChI is InChI=1S/C17H18N2O3S/c1-11-7-8-23-15(11)10-19(2)16(20)9-14-17(21)18-12-5-3-4-6-13(12)22-14/h3-8,14H,9-10H2,1-2H3,(H,18,21)/t14-/m1/s1. The molecule has 2 amide bonds. The molecule has 0 radical (unpaired) electrons. The van der Waals surface area contributed by atoms with Crippen LogP contribution < -0.4 is 10.1 Å². The van der Waals surface area contributed by atoms with Crippen LogP contribution in [0.25, 0.3) is 0 Å². The maximum absolute atomic E-state index is 12.4. The molecule has 1 aromatic heterocycles. The van der Waals surface area contributed by atoms with E-state index in [0.29, 0.717) is 18.0 Å². The van der Waals surface area contributed by atoms with Gasteiger partial charge < -0.3 is 15.0 Å². The molecule has 1 aliphatic heterocycles. The number of ether oxygens (including phenoxy) is 1. The van der Waals surface area contributed by atoms with E-state index in [1.54, 1.807) is 35.4 Å². The fourth-order valence-electron chi connectivity index (χ4n) is 2.41. The summed E-state index contributed by atoms with van der Waals surface area (Å²) in [5.41, 5.74) is 1.82. The first kappa shape index (κ1) is 15.6. The van der Waals surface area contributed by atoms with E-state index in [4.69, 9.17) is 4.74 Å². The third-order valence-electron chi connectivity index (χ3n) is 3.84. The molecule has 0 spiro atoms. The molecule has 120 valence electrons. The van der Waals surface area contributed by atoms with Crippen LogP contribution in [0.2, 0.25) is 0 Å². The minimum atomic E-state index is -0.788. The summed E-state index contributed by atoms with van der Waals surface area (Å²) in [6.45, 7) is 2.58. The van der Waals surface area contributed by atoms with Crippen LogP contribution in [0.5, 0.6) is 5.75 Å². The lowest BCUT2D eigenvalue weighted by Crippen LogP contribution is -2.41. The fourth-order valence-corrected chi connectivity index (χ4v) is 3.37. The van der Waals surface area contributed by atoms with Gasteiger partial charge in [-0.2, -0.15) is 0 Å². The van der Waals surface area contributed by atoms with Gasteiger partial charge in [0.05, 0.1) is 18.7 Å². The molecule has 2 heterocycles. The second-order valence-corrected chi connectivity index (χ2v) is 6.57. The third-order valence-corrected chi connectivity index (χ3v) is 4.85. The predicted octanol–water partition coefficient (Wildman–Crippen LogP) is 2.80. The van der Waals surface area contributed by atoms with Crippen molar-refractivity contribution in [3.8, 4) is 5.75 Å². The highest BCUT2D eigenvalue weighted by Crippen LogP contribution is 2.29. The molecule has 0 aliphatic carbocycles. The van der Waals surface area contributed by atoms with Crippen molar-refractivity contribution in [1.82, 2.24) is 4.90 Å². The molecule has 1 aliphatic rings. The highest BCUT2D eigenvalue weighted by molar-refractivity contribution is 7.10. The predicted molar refractivity (Wildman–Crippen MR) is 89.6 cm³/mol. The van der Waals surface area contributed by atoms with Crippen LogP contribution in [-0.4, -0.2) is 29.9 Å². The molecule has 1 atom stereocenters. The summed E-state index contributed by atoms with van der Waals surface area (Å²) in [5, 5.41) is 4.79. The molecule has 0 saturated carbocycles. The number of carbonyl (C=O) groups is 2. The van der Waals surface area contributed by atoms with E-state index in [1.165, 1.54) is 5.56 Å². The Morgan fingerprint density at radius 1 is 1.35 bits per heavy atom. The van der Waals surface area contributed by atoms with Crippen LogP contribution in [0.3, 0.4) is 0 Å². The topological polar surface area (TPSA) is 58.6 Å². The number of benzene rings is 1. The Morgan fingerprint density at radius 2 is 2.13 bits per heavy atom. The number of nitrogens with zero attached hydrogens (tertiary/aromatic N) is 1. The van der Waals surface area contributed by atoms with Crippen LogP contribution >= 0.6 is 11.3 Å². The lowest BCUT2D eigenvalue weighted by atomic mass is 10.1. The zero-order valence-electron chi connectivity index (χ0n) is 13.0. The zero-order valence-corrected chi connectivity index (χ0v) is 13.9. The molecule has 2 aromatic rings. The van der Waals surface area contributed by atoms with E-state index in [0.717, 1.165) is 4.88 Å². The Bertz CT molecular complexity index is 741. The number of para-hydroxylation sites is 2. The van der Waals surface area contributed by atoms with E-state index in [2.05, 4.69) is 5.32 Å². The highest BCUT2D eigenvalue weighted by atomic mass is 32.1.